The highest BCUT2D eigenvalue weighted by Crippen LogP contribution is 2.37. The number of ether oxygens (including phenoxy) is 4. The van der Waals surface area contributed by atoms with Crippen molar-refractivity contribution in [1.82, 2.24) is 14.8 Å². The number of morpholine rings is 1. The van der Waals surface area contributed by atoms with Gasteiger partial charge < -0.3 is 29.2 Å². The monoisotopic (exact) mass is 768 g/mol. The van der Waals surface area contributed by atoms with Crippen LogP contribution in [0.1, 0.15) is 59.1 Å². The Kier molecular flexibility index (Phi) is 14.0. The topological polar surface area (TPSA) is 138 Å². The minimum atomic E-state index is -0.836. The molecular weight excluding hydrogens is 720 g/mol. The van der Waals surface area contributed by atoms with Crippen molar-refractivity contribution in [3.63, 3.8) is 0 Å². The lowest BCUT2D eigenvalue weighted by atomic mass is 9.93. The zero-order chi connectivity index (χ0) is 38.7. The molecule has 55 heavy (non-hydrogen) atoms. The third kappa shape index (κ3) is 10.3. The van der Waals surface area contributed by atoms with Crippen LogP contribution in [0.25, 0.3) is 11.1 Å². The van der Waals surface area contributed by atoms with Gasteiger partial charge in [0.05, 0.1) is 36.5 Å². The molecule has 2 aliphatic heterocycles. The number of halogens is 1. The Labute approximate surface area is 328 Å². The van der Waals surface area contributed by atoms with E-state index in [1.165, 1.54) is 6.20 Å². The highest BCUT2D eigenvalue weighted by atomic mass is 35.5. The lowest BCUT2D eigenvalue weighted by molar-refractivity contribution is -0.144. The minimum absolute atomic E-state index is 0.0407. The number of carbonyl (C=O) groups is 1. The van der Waals surface area contributed by atoms with Gasteiger partial charge >= 0.3 is 5.97 Å². The molecule has 2 N–H and O–H groups in total. The molecule has 3 heterocycles. The van der Waals surface area contributed by atoms with Crippen LogP contribution in [0.3, 0.4) is 0 Å². The second-order valence-corrected chi connectivity index (χ2v) is 14.6. The SMILES string of the molecule is Cc1c(COc2cc(OCc3cncc(C#N)c3)c(CN3CCCC[C@H]3C(=O)O)cc2Cl)cccc1-c1cccc(OCCCN2CCO[C@@H](CO)C2)c1C. The van der Waals surface area contributed by atoms with Crippen molar-refractivity contribution in [2.75, 3.05) is 46.0 Å². The molecule has 0 bridgehead atoms. The van der Waals surface area contributed by atoms with Crippen LogP contribution in [0.15, 0.2) is 67.0 Å². The van der Waals surface area contributed by atoms with E-state index in [0.717, 1.165) is 83.6 Å². The van der Waals surface area contributed by atoms with Crippen LogP contribution in [0.5, 0.6) is 17.2 Å². The van der Waals surface area contributed by atoms with Crippen molar-refractivity contribution in [2.45, 2.75) is 71.4 Å². The molecule has 2 aliphatic rings. The number of rotatable bonds is 16. The first-order valence-corrected chi connectivity index (χ1v) is 19.3. The molecule has 2 atom stereocenters. The third-order valence-electron chi connectivity index (χ3n) is 10.4. The lowest BCUT2D eigenvalue weighted by Gasteiger charge is -2.33. The van der Waals surface area contributed by atoms with Gasteiger partial charge in [0.15, 0.2) is 0 Å². The van der Waals surface area contributed by atoms with Crippen molar-refractivity contribution >= 4 is 17.6 Å². The van der Waals surface area contributed by atoms with Gasteiger partial charge in [-0.2, -0.15) is 5.26 Å². The van der Waals surface area contributed by atoms with Gasteiger partial charge in [0, 0.05) is 55.8 Å². The van der Waals surface area contributed by atoms with Gasteiger partial charge in [0.2, 0.25) is 0 Å². The Balaban J connectivity index is 1.16. The number of aliphatic carboxylic acids is 1. The standard InChI is InChI=1S/C43H49ClN4O7/c1-29-33(8-5-9-36(29)37-10-6-12-40(30(37)2)53-16-7-13-47-15-17-52-35(25-47)26-49)28-55-42-20-41(54-27-32-18-31(21-45)22-46-23-32)34(19-38(42)44)24-48-14-4-3-11-39(48)43(50)51/h5-6,8-10,12,18-20,22-23,35,39,49H,3-4,7,11,13-17,24-28H2,1-2H3,(H,50,51)/t35-,39+/m1/s1. The van der Waals surface area contributed by atoms with E-state index in [4.69, 9.17) is 30.5 Å². The van der Waals surface area contributed by atoms with Crippen LogP contribution in [-0.2, 0) is 29.3 Å². The van der Waals surface area contributed by atoms with Gasteiger partial charge in [-0.1, -0.05) is 48.4 Å². The smallest absolute Gasteiger partial charge is 0.320 e. The normalized spacial score (nSPS) is 17.7. The third-order valence-corrected chi connectivity index (χ3v) is 10.7. The molecular formula is C43H49ClN4O7. The maximum Gasteiger partial charge on any atom is 0.320 e. The van der Waals surface area contributed by atoms with Crippen molar-refractivity contribution in [1.29, 1.82) is 5.26 Å². The van der Waals surface area contributed by atoms with E-state index >= 15 is 0 Å². The van der Waals surface area contributed by atoms with Gasteiger partial charge in [0.25, 0.3) is 0 Å². The van der Waals surface area contributed by atoms with E-state index in [2.05, 4.69) is 41.9 Å². The van der Waals surface area contributed by atoms with E-state index in [1.807, 2.05) is 29.2 Å². The number of benzene rings is 3. The molecule has 11 nitrogen and oxygen atoms in total. The summed E-state index contributed by atoms with van der Waals surface area (Å²) >= 11 is 6.86. The van der Waals surface area contributed by atoms with Crippen LogP contribution in [0.2, 0.25) is 5.02 Å². The number of aromatic nitrogens is 1. The number of hydrogen-bond donors (Lipinski definition) is 2. The Hall–Kier alpha value is -4.70. The number of likely N-dealkylation sites (tertiary alicyclic amines) is 1. The average molecular weight is 769 g/mol. The fraction of sp³-hybridized carbons (Fsp3) is 0.419. The molecule has 12 heteroatoms. The van der Waals surface area contributed by atoms with Crippen molar-refractivity contribution < 1.29 is 34.0 Å². The summed E-state index contributed by atoms with van der Waals surface area (Å²) in [4.78, 5) is 20.5. The predicted octanol–water partition coefficient (Wildman–Crippen LogP) is 6.95. The lowest BCUT2D eigenvalue weighted by Crippen LogP contribution is -2.44. The maximum absolute atomic E-state index is 12.1. The summed E-state index contributed by atoms with van der Waals surface area (Å²) in [6, 6.07) is 19.1. The molecule has 290 valence electrons. The van der Waals surface area contributed by atoms with Crippen molar-refractivity contribution in [2.24, 2.45) is 0 Å². The number of nitriles is 1. The molecule has 6 rings (SSSR count). The zero-order valence-corrected chi connectivity index (χ0v) is 32.3. The average Bonchev–Trinajstić information content (AvgIpc) is 3.20. The number of aliphatic hydroxyl groups excluding tert-OH is 1. The van der Waals surface area contributed by atoms with E-state index in [0.29, 0.717) is 54.8 Å². The Morgan fingerprint density at radius 3 is 2.56 bits per heavy atom. The number of carboxylic acid groups (broad SMARTS) is 1. The highest BCUT2D eigenvalue weighted by molar-refractivity contribution is 6.32. The highest BCUT2D eigenvalue weighted by Gasteiger charge is 2.29. The second kappa shape index (κ2) is 19.2. The predicted molar refractivity (Wildman–Crippen MR) is 209 cm³/mol. The summed E-state index contributed by atoms with van der Waals surface area (Å²) in [7, 11) is 0. The minimum Gasteiger partial charge on any atom is -0.493 e. The first kappa shape index (κ1) is 40.0. The van der Waals surface area contributed by atoms with Crippen LogP contribution in [0.4, 0.5) is 0 Å². The molecule has 0 unspecified atom stereocenters. The maximum atomic E-state index is 12.1. The van der Waals surface area contributed by atoms with Gasteiger partial charge in [0.1, 0.15) is 42.6 Å². The molecule has 4 aromatic rings. The number of pyridine rings is 1. The molecule has 1 aromatic heterocycles. The molecule has 0 aliphatic carbocycles. The number of carboxylic acids is 1. The summed E-state index contributed by atoms with van der Waals surface area (Å²) in [5.41, 5.74) is 7.21. The van der Waals surface area contributed by atoms with Crippen LogP contribution in [0, 0.1) is 25.2 Å². The van der Waals surface area contributed by atoms with Crippen molar-refractivity contribution in [3.05, 3.63) is 105 Å². The fourth-order valence-electron chi connectivity index (χ4n) is 7.33. The summed E-state index contributed by atoms with van der Waals surface area (Å²) in [5, 5.41) is 29.1. The molecule has 2 saturated heterocycles. The van der Waals surface area contributed by atoms with E-state index < -0.39 is 12.0 Å². The second-order valence-electron chi connectivity index (χ2n) is 14.2. The summed E-state index contributed by atoms with van der Waals surface area (Å²) in [6.45, 7) is 9.34. The number of hydrogen-bond acceptors (Lipinski definition) is 10. The van der Waals surface area contributed by atoms with E-state index in [9.17, 15) is 20.3 Å². The number of piperidine rings is 1. The molecule has 0 amide bonds. The first-order valence-electron chi connectivity index (χ1n) is 18.9. The van der Waals surface area contributed by atoms with Crippen LogP contribution in [-0.4, -0.2) is 89.1 Å². The number of aliphatic hydroxyl groups is 1. The Morgan fingerprint density at radius 2 is 1.76 bits per heavy atom. The van der Waals surface area contributed by atoms with Crippen LogP contribution >= 0.6 is 11.6 Å². The Bertz CT molecular complexity index is 1990. The van der Waals surface area contributed by atoms with E-state index in [1.54, 1.807) is 24.4 Å². The molecule has 2 fully saturated rings. The van der Waals surface area contributed by atoms with Crippen molar-refractivity contribution in [3.8, 4) is 34.4 Å². The van der Waals surface area contributed by atoms with Gasteiger partial charge in [-0.3, -0.25) is 19.6 Å². The molecule has 0 radical (unpaired) electrons. The zero-order valence-electron chi connectivity index (χ0n) is 31.5. The first-order chi connectivity index (χ1) is 26.7. The largest absolute Gasteiger partial charge is 0.493 e. The van der Waals surface area contributed by atoms with Gasteiger partial charge in [-0.15, -0.1) is 0 Å². The van der Waals surface area contributed by atoms with Gasteiger partial charge in [-0.05, 0) is 85.7 Å². The fourth-order valence-corrected chi connectivity index (χ4v) is 7.57. The van der Waals surface area contributed by atoms with Gasteiger partial charge in [-0.25, -0.2) is 0 Å². The summed E-state index contributed by atoms with van der Waals surface area (Å²) in [6.07, 6.45) is 6.28. The molecule has 0 spiro atoms. The molecule has 0 saturated carbocycles. The molecule has 3 aromatic carbocycles. The summed E-state index contributed by atoms with van der Waals surface area (Å²) in [5.74, 6) is 0.978. The van der Waals surface area contributed by atoms with E-state index in [-0.39, 0.29) is 25.9 Å². The van der Waals surface area contributed by atoms with Crippen LogP contribution < -0.4 is 14.2 Å². The Morgan fingerprint density at radius 1 is 0.964 bits per heavy atom. The number of nitrogens with zero attached hydrogens (tertiary/aromatic N) is 4. The quantitative estimate of drug-likeness (QED) is 0.115. The summed E-state index contributed by atoms with van der Waals surface area (Å²) < 4.78 is 24.5.